The van der Waals surface area contributed by atoms with Crippen molar-refractivity contribution in [2.24, 2.45) is 0 Å². The molecular weight excluding hydrogens is 263 g/mol. The number of rotatable bonds is 4. The maximum Gasteiger partial charge on any atom is 0.0697 e. The van der Waals surface area contributed by atoms with E-state index in [2.05, 4.69) is 36.4 Å². The van der Waals surface area contributed by atoms with Crippen LogP contribution in [0.25, 0.3) is 0 Å². The zero-order valence-electron chi connectivity index (χ0n) is 8.05. The first-order valence-electron chi connectivity index (χ1n) is 5.07. The summed E-state index contributed by atoms with van der Waals surface area (Å²) in [5.74, 6) is 0. The third-order valence-corrected chi connectivity index (χ3v) is 3.87. The lowest BCUT2D eigenvalue weighted by Gasteiger charge is -2.13. The SMILES string of the molecule is CCCC[C@H]1O[C@@H](CC)C[C@H]1I. The Morgan fingerprint density at radius 2 is 2.17 bits per heavy atom. The van der Waals surface area contributed by atoms with Crippen LogP contribution in [-0.4, -0.2) is 16.1 Å². The molecule has 0 aromatic heterocycles. The molecule has 12 heavy (non-hydrogen) atoms. The van der Waals surface area contributed by atoms with E-state index in [0.717, 1.165) is 3.92 Å². The smallest absolute Gasteiger partial charge is 0.0697 e. The Bertz CT molecular complexity index is 127. The van der Waals surface area contributed by atoms with Gasteiger partial charge in [-0.15, -0.1) is 0 Å². The number of hydrogen-bond acceptors (Lipinski definition) is 1. The van der Waals surface area contributed by atoms with Crippen LogP contribution in [0.1, 0.15) is 46.0 Å². The second kappa shape index (κ2) is 5.43. The van der Waals surface area contributed by atoms with Gasteiger partial charge in [0.25, 0.3) is 0 Å². The van der Waals surface area contributed by atoms with Gasteiger partial charge in [-0.2, -0.15) is 0 Å². The minimum atomic E-state index is 0.550. The topological polar surface area (TPSA) is 9.23 Å². The molecule has 0 amide bonds. The summed E-state index contributed by atoms with van der Waals surface area (Å²) in [5, 5.41) is 0. The van der Waals surface area contributed by atoms with Gasteiger partial charge >= 0.3 is 0 Å². The lowest BCUT2D eigenvalue weighted by atomic mass is 10.1. The van der Waals surface area contributed by atoms with Crippen LogP contribution in [0.2, 0.25) is 0 Å². The molecule has 0 spiro atoms. The molecule has 3 atom stereocenters. The molecule has 72 valence electrons. The number of halogens is 1. The predicted molar refractivity (Wildman–Crippen MR) is 60.9 cm³/mol. The van der Waals surface area contributed by atoms with Gasteiger partial charge < -0.3 is 4.74 Å². The zero-order chi connectivity index (χ0) is 8.97. The van der Waals surface area contributed by atoms with Gasteiger partial charge in [-0.25, -0.2) is 0 Å². The normalized spacial score (nSPS) is 35.8. The Balaban J connectivity index is 2.25. The van der Waals surface area contributed by atoms with Crippen molar-refractivity contribution in [2.45, 2.75) is 62.1 Å². The highest BCUT2D eigenvalue weighted by molar-refractivity contribution is 14.1. The second-order valence-corrected chi connectivity index (χ2v) is 5.20. The molecule has 0 aromatic carbocycles. The molecule has 0 aliphatic carbocycles. The summed E-state index contributed by atoms with van der Waals surface area (Å²) in [6.45, 7) is 4.46. The van der Waals surface area contributed by atoms with Crippen LogP contribution in [0.4, 0.5) is 0 Å². The first-order valence-corrected chi connectivity index (χ1v) is 6.32. The van der Waals surface area contributed by atoms with E-state index < -0.39 is 0 Å². The van der Waals surface area contributed by atoms with E-state index in [1.165, 1.54) is 32.1 Å². The van der Waals surface area contributed by atoms with Crippen molar-refractivity contribution in [3.05, 3.63) is 0 Å². The fourth-order valence-corrected chi connectivity index (χ4v) is 2.80. The highest BCUT2D eigenvalue weighted by Crippen LogP contribution is 2.31. The first-order chi connectivity index (χ1) is 5.77. The molecule has 0 unspecified atom stereocenters. The van der Waals surface area contributed by atoms with Crippen molar-refractivity contribution in [1.29, 1.82) is 0 Å². The van der Waals surface area contributed by atoms with Crippen LogP contribution >= 0.6 is 22.6 Å². The van der Waals surface area contributed by atoms with E-state index >= 15 is 0 Å². The van der Waals surface area contributed by atoms with Crippen LogP contribution in [0, 0.1) is 0 Å². The van der Waals surface area contributed by atoms with Gasteiger partial charge in [-0.05, 0) is 19.3 Å². The Hall–Kier alpha value is 0.690. The van der Waals surface area contributed by atoms with Gasteiger partial charge in [0.15, 0.2) is 0 Å². The third-order valence-electron chi connectivity index (χ3n) is 2.56. The van der Waals surface area contributed by atoms with Crippen molar-refractivity contribution < 1.29 is 4.74 Å². The number of alkyl halides is 1. The monoisotopic (exact) mass is 282 g/mol. The van der Waals surface area contributed by atoms with Gasteiger partial charge in [-0.1, -0.05) is 49.3 Å². The summed E-state index contributed by atoms with van der Waals surface area (Å²) in [7, 11) is 0. The minimum Gasteiger partial charge on any atom is -0.374 e. The van der Waals surface area contributed by atoms with E-state index in [9.17, 15) is 0 Å². The molecule has 1 heterocycles. The zero-order valence-corrected chi connectivity index (χ0v) is 10.2. The Kier molecular flexibility index (Phi) is 4.87. The lowest BCUT2D eigenvalue weighted by Crippen LogP contribution is -2.15. The first kappa shape index (κ1) is 10.8. The van der Waals surface area contributed by atoms with E-state index in [1.54, 1.807) is 0 Å². The van der Waals surface area contributed by atoms with Crippen LogP contribution in [0.3, 0.4) is 0 Å². The molecular formula is C10H19IO. The maximum atomic E-state index is 5.92. The van der Waals surface area contributed by atoms with E-state index in [0.29, 0.717) is 12.2 Å². The molecule has 0 saturated carbocycles. The van der Waals surface area contributed by atoms with Gasteiger partial charge in [0, 0.05) is 3.92 Å². The van der Waals surface area contributed by atoms with E-state index in [4.69, 9.17) is 4.74 Å². The molecule has 1 aliphatic heterocycles. The minimum absolute atomic E-state index is 0.550. The predicted octanol–water partition coefficient (Wildman–Crippen LogP) is 3.55. The van der Waals surface area contributed by atoms with Gasteiger partial charge in [0.1, 0.15) is 0 Å². The highest BCUT2D eigenvalue weighted by atomic mass is 127. The van der Waals surface area contributed by atoms with Crippen molar-refractivity contribution in [3.63, 3.8) is 0 Å². The molecule has 1 rings (SSSR count). The van der Waals surface area contributed by atoms with Crippen molar-refractivity contribution in [2.75, 3.05) is 0 Å². The average Bonchev–Trinajstić information content (AvgIpc) is 2.43. The summed E-state index contributed by atoms with van der Waals surface area (Å²) < 4.78 is 6.68. The van der Waals surface area contributed by atoms with Crippen LogP contribution < -0.4 is 0 Å². The third kappa shape index (κ3) is 2.87. The van der Waals surface area contributed by atoms with Crippen molar-refractivity contribution >= 4 is 22.6 Å². The summed E-state index contributed by atoms with van der Waals surface area (Å²) in [6.07, 6.45) is 7.43. The van der Waals surface area contributed by atoms with Gasteiger partial charge in [0.05, 0.1) is 12.2 Å². The van der Waals surface area contributed by atoms with Crippen LogP contribution in [-0.2, 0) is 4.74 Å². The van der Waals surface area contributed by atoms with Crippen LogP contribution in [0.15, 0.2) is 0 Å². The molecule has 1 saturated heterocycles. The Labute approximate surface area is 89.4 Å². The average molecular weight is 282 g/mol. The van der Waals surface area contributed by atoms with Crippen LogP contribution in [0.5, 0.6) is 0 Å². The standard InChI is InChI=1S/C10H19IO/c1-3-5-6-10-9(11)7-8(4-2)12-10/h8-10H,3-7H2,1-2H3/t8-,9+,10+/m0/s1. The summed E-state index contributed by atoms with van der Waals surface area (Å²) in [4.78, 5) is 0. The summed E-state index contributed by atoms with van der Waals surface area (Å²) >= 11 is 2.55. The van der Waals surface area contributed by atoms with Gasteiger partial charge in [-0.3, -0.25) is 0 Å². The quantitative estimate of drug-likeness (QED) is 0.566. The second-order valence-electron chi connectivity index (χ2n) is 3.60. The largest absolute Gasteiger partial charge is 0.374 e. The molecule has 0 aromatic rings. The molecule has 0 bridgehead atoms. The number of hydrogen-bond donors (Lipinski definition) is 0. The van der Waals surface area contributed by atoms with E-state index in [1.807, 2.05) is 0 Å². The van der Waals surface area contributed by atoms with Crippen molar-refractivity contribution in [3.8, 4) is 0 Å². The fraction of sp³-hybridized carbons (Fsp3) is 1.00. The molecule has 1 aliphatic rings. The number of unbranched alkanes of at least 4 members (excludes halogenated alkanes) is 1. The lowest BCUT2D eigenvalue weighted by molar-refractivity contribution is 0.0396. The van der Waals surface area contributed by atoms with Crippen molar-refractivity contribution in [1.82, 2.24) is 0 Å². The van der Waals surface area contributed by atoms with Gasteiger partial charge in [0.2, 0.25) is 0 Å². The fourth-order valence-electron chi connectivity index (χ4n) is 1.71. The maximum absolute atomic E-state index is 5.92. The summed E-state index contributed by atoms with van der Waals surface area (Å²) in [6, 6.07) is 0. The molecule has 0 radical (unpaired) electrons. The van der Waals surface area contributed by atoms with E-state index in [-0.39, 0.29) is 0 Å². The highest BCUT2D eigenvalue weighted by Gasteiger charge is 2.31. The molecule has 2 heteroatoms. The summed E-state index contributed by atoms with van der Waals surface area (Å²) in [5.41, 5.74) is 0. The number of ether oxygens (including phenoxy) is 1. The molecule has 1 fully saturated rings. The Morgan fingerprint density at radius 3 is 2.67 bits per heavy atom. The molecule has 0 N–H and O–H groups in total. The Morgan fingerprint density at radius 1 is 1.42 bits per heavy atom. The molecule has 1 nitrogen and oxygen atoms in total.